The van der Waals surface area contributed by atoms with Crippen LogP contribution in [0.5, 0.6) is 0 Å². The lowest BCUT2D eigenvalue weighted by molar-refractivity contribution is 0.0313. The predicted octanol–water partition coefficient (Wildman–Crippen LogP) is 0.0547. The Morgan fingerprint density at radius 3 is 3.15 bits per heavy atom. The van der Waals surface area contributed by atoms with E-state index in [1.807, 2.05) is 4.90 Å². The third-order valence-corrected chi connectivity index (χ3v) is 3.21. The molecule has 0 spiro atoms. The largest absolute Gasteiger partial charge is 0.366 e. The molecule has 0 N–H and O–H groups in total. The minimum Gasteiger partial charge on any atom is -0.366 e. The minimum absolute atomic E-state index is 0.225. The van der Waals surface area contributed by atoms with Crippen LogP contribution in [0.1, 0.15) is 17.5 Å². The lowest BCUT2D eigenvalue weighted by Crippen LogP contribution is -2.40. The molecule has 2 aromatic rings. The Balaban J connectivity index is 1.86. The Kier molecular flexibility index (Phi) is 3.26. The maximum atomic E-state index is 9.16. The minimum atomic E-state index is -0.225. The van der Waals surface area contributed by atoms with Gasteiger partial charge in [0.25, 0.3) is 0 Å². The number of hydrogen-bond donors (Lipinski definition) is 0. The average molecular weight is 271 g/mol. The van der Waals surface area contributed by atoms with Gasteiger partial charge in [0.15, 0.2) is 5.82 Å². The maximum Gasteiger partial charge on any atom is 0.181 e. The van der Waals surface area contributed by atoms with Crippen LogP contribution in [-0.2, 0) is 11.8 Å². The molecule has 1 unspecified atom stereocenters. The molecule has 102 valence electrons. The summed E-state index contributed by atoms with van der Waals surface area (Å²) in [4.78, 5) is 6.33. The van der Waals surface area contributed by atoms with Crippen molar-refractivity contribution in [2.75, 3.05) is 24.6 Å². The van der Waals surface area contributed by atoms with Crippen LogP contribution in [0, 0.1) is 11.3 Å². The highest BCUT2D eigenvalue weighted by atomic mass is 16.5. The number of aromatic nitrogens is 5. The lowest BCUT2D eigenvalue weighted by Gasteiger charge is -2.33. The van der Waals surface area contributed by atoms with Crippen molar-refractivity contribution in [3.05, 3.63) is 29.7 Å². The first-order valence-electron chi connectivity index (χ1n) is 6.23. The molecule has 1 aliphatic heterocycles. The zero-order valence-electron chi connectivity index (χ0n) is 11.0. The molecular weight excluding hydrogens is 258 g/mol. The lowest BCUT2D eigenvalue weighted by atomic mass is 10.2. The Hall–Kier alpha value is -2.53. The molecule has 1 atom stereocenters. The van der Waals surface area contributed by atoms with Crippen molar-refractivity contribution in [3.8, 4) is 6.07 Å². The van der Waals surface area contributed by atoms with Gasteiger partial charge in [-0.3, -0.25) is 0 Å². The number of rotatable bonds is 2. The maximum absolute atomic E-state index is 9.16. The van der Waals surface area contributed by atoms with E-state index in [0.29, 0.717) is 36.9 Å². The van der Waals surface area contributed by atoms with Gasteiger partial charge in [0.05, 0.1) is 18.7 Å². The van der Waals surface area contributed by atoms with E-state index >= 15 is 0 Å². The van der Waals surface area contributed by atoms with Gasteiger partial charge in [-0.1, -0.05) is 0 Å². The van der Waals surface area contributed by atoms with E-state index in [1.54, 1.807) is 30.1 Å². The molecule has 1 saturated heterocycles. The summed E-state index contributed by atoms with van der Waals surface area (Å²) < 4.78 is 7.31. The molecule has 8 nitrogen and oxygen atoms in total. The van der Waals surface area contributed by atoms with E-state index in [9.17, 15) is 0 Å². The summed E-state index contributed by atoms with van der Waals surface area (Å²) in [6, 6.07) is 5.68. The molecule has 0 aliphatic carbocycles. The van der Waals surface area contributed by atoms with Crippen LogP contribution in [0.3, 0.4) is 0 Å². The zero-order valence-corrected chi connectivity index (χ0v) is 11.0. The topological polar surface area (TPSA) is 92.8 Å². The van der Waals surface area contributed by atoms with Gasteiger partial charge in [-0.15, -0.1) is 5.10 Å². The molecule has 1 aliphatic rings. The van der Waals surface area contributed by atoms with Gasteiger partial charge in [-0.05, 0) is 22.6 Å². The van der Waals surface area contributed by atoms with Crippen molar-refractivity contribution < 1.29 is 4.74 Å². The summed E-state index contributed by atoms with van der Waals surface area (Å²) in [6.07, 6.45) is 1.46. The number of nitrogens with zero attached hydrogens (tertiary/aromatic N) is 7. The quantitative estimate of drug-likeness (QED) is 0.762. The van der Waals surface area contributed by atoms with Crippen LogP contribution in [0.2, 0.25) is 0 Å². The fourth-order valence-corrected chi connectivity index (χ4v) is 2.24. The van der Waals surface area contributed by atoms with Crippen molar-refractivity contribution in [1.29, 1.82) is 5.26 Å². The van der Waals surface area contributed by atoms with Gasteiger partial charge in [-0.2, -0.15) is 5.26 Å². The molecule has 0 bridgehead atoms. The molecule has 2 aromatic heterocycles. The predicted molar refractivity (Wildman–Crippen MR) is 68.7 cm³/mol. The summed E-state index contributed by atoms with van der Waals surface area (Å²) in [7, 11) is 1.78. The average Bonchev–Trinajstić information content (AvgIpc) is 2.93. The van der Waals surface area contributed by atoms with Gasteiger partial charge in [0.1, 0.15) is 18.0 Å². The number of morpholine rings is 1. The summed E-state index contributed by atoms with van der Waals surface area (Å²) in [5.74, 6) is 1.35. The third kappa shape index (κ3) is 2.19. The molecule has 20 heavy (non-hydrogen) atoms. The van der Waals surface area contributed by atoms with E-state index in [2.05, 4.69) is 26.6 Å². The van der Waals surface area contributed by atoms with Crippen LogP contribution in [0.25, 0.3) is 0 Å². The Morgan fingerprint density at radius 2 is 2.40 bits per heavy atom. The van der Waals surface area contributed by atoms with Crippen LogP contribution in [0.15, 0.2) is 18.3 Å². The number of hydrogen-bond acceptors (Lipinski definition) is 7. The van der Waals surface area contributed by atoms with Crippen molar-refractivity contribution in [1.82, 2.24) is 25.2 Å². The summed E-state index contributed by atoms with van der Waals surface area (Å²) in [5, 5.41) is 20.6. The monoisotopic (exact) mass is 271 g/mol. The molecule has 8 heteroatoms. The summed E-state index contributed by atoms with van der Waals surface area (Å²) >= 11 is 0. The van der Waals surface area contributed by atoms with Crippen LogP contribution >= 0.6 is 0 Å². The second-order valence-electron chi connectivity index (χ2n) is 4.45. The highest BCUT2D eigenvalue weighted by molar-refractivity contribution is 5.53. The highest BCUT2D eigenvalue weighted by Gasteiger charge is 2.27. The smallest absolute Gasteiger partial charge is 0.181 e. The molecule has 3 heterocycles. The Labute approximate surface area is 115 Å². The van der Waals surface area contributed by atoms with Gasteiger partial charge in [0.2, 0.25) is 0 Å². The molecule has 1 fully saturated rings. The summed E-state index contributed by atoms with van der Waals surface area (Å²) in [5.41, 5.74) is 0.559. The van der Waals surface area contributed by atoms with Crippen LogP contribution < -0.4 is 4.90 Å². The standard InChI is InChI=1S/C12H13N7O/c1-18-12(15-16-17-18)10-8-19(5-6-20-10)11-9(7-13)3-2-4-14-11/h2-4,10H,5-6,8H2,1H3. The van der Waals surface area contributed by atoms with Gasteiger partial charge < -0.3 is 9.64 Å². The number of pyridine rings is 1. The van der Waals surface area contributed by atoms with E-state index < -0.39 is 0 Å². The fourth-order valence-electron chi connectivity index (χ4n) is 2.24. The van der Waals surface area contributed by atoms with Gasteiger partial charge in [0, 0.05) is 19.8 Å². The van der Waals surface area contributed by atoms with E-state index in [0.717, 1.165) is 0 Å². The highest BCUT2D eigenvalue weighted by Crippen LogP contribution is 2.24. The number of aryl methyl sites for hydroxylation is 1. The molecule has 0 radical (unpaired) electrons. The third-order valence-electron chi connectivity index (χ3n) is 3.21. The first-order valence-corrected chi connectivity index (χ1v) is 6.23. The number of tetrazole rings is 1. The molecular formula is C12H13N7O. The van der Waals surface area contributed by atoms with Gasteiger partial charge in [-0.25, -0.2) is 9.67 Å². The number of ether oxygens (including phenoxy) is 1. The molecule has 0 aromatic carbocycles. The van der Waals surface area contributed by atoms with E-state index in [4.69, 9.17) is 10.00 Å². The number of nitriles is 1. The first-order chi connectivity index (χ1) is 9.79. The van der Waals surface area contributed by atoms with Crippen molar-refractivity contribution in [2.45, 2.75) is 6.10 Å². The molecule has 0 amide bonds. The molecule has 0 saturated carbocycles. The summed E-state index contributed by atoms with van der Waals surface area (Å²) in [6.45, 7) is 1.80. The first kappa shape index (κ1) is 12.5. The Morgan fingerprint density at radius 1 is 1.50 bits per heavy atom. The second-order valence-corrected chi connectivity index (χ2v) is 4.45. The van der Waals surface area contributed by atoms with Gasteiger partial charge >= 0.3 is 0 Å². The van der Waals surface area contributed by atoms with E-state index in [1.165, 1.54) is 0 Å². The zero-order chi connectivity index (χ0) is 13.9. The molecule has 3 rings (SSSR count). The van der Waals surface area contributed by atoms with Crippen molar-refractivity contribution in [3.63, 3.8) is 0 Å². The van der Waals surface area contributed by atoms with Crippen LogP contribution in [-0.4, -0.2) is 44.9 Å². The second kappa shape index (κ2) is 5.22. The van der Waals surface area contributed by atoms with E-state index in [-0.39, 0.29) is 6.10 Å². The Bertz CT molecular complexity index is 647. The fraction of sp³-hybridized carbons (Fsp3) is 0.417. The van der Waals surface area contributed by atoms with Crippen molar-refractivity contribution >= 4 is 5.82 Å². The SMILES string of the molecule is Cn1nnnc1C1CN(c2ncccc2C#N)CCO1. The normalized spacial score (nSPS) is 18.8. The van der Waals surface area contributed by atoms with Crippen molar-refractivity contribution in [2.24, 2.45) is 7.05 Å². The van der Waals surface area contributed by atoms with Crippen LogP contribution in [0.4, 0.5) is 5.82 Å². The number of anilines is 1.